The van der Waals surface area contributed by atoms with Crippen LogP contribution in [-0.2, 0) is 11.2 Å². The van der Waals surface area contributed by atoms with E-state index in [9.17, 15) is 4.79 Å². The zero-order valence-corrected chi connectivity index (χ0v) is 13.3. The number of hydrogen-bond donors (Lipinski definition) is 1. The summed E-state index contributed by atoms with van der Waals surface area (Å²) in [6.07, 6.45) is 2.49. The lowest BCUT2D eigenvalue weighted by Crippen LogP contribution is -2.44. The van der Waals surface area contributed by atoms with Gasteiger partial charge in [0.2, 0.25) is 5.91 Å². The third-order valence-corrected chi connectivity index (χ3v) is 4.83. The highest BCUT2D eigenvalue weighted by Crippen LogP contribution is 2.23. The predicted molar refractivity (Wildman–Crippen MR) is 81.5 cm³/mol. The topological polar surface area (TPSA) is 32.3 Å². The van der Waals surface area contributed by atoms with Crippen molar-refractivity contribution < 1.29 is 4.79 Å². The van der Waals surface area contributed by atoms with Gasteiger partial charge in [0.05, 0.1) is 11.4 Å². The molecule has 5 heteroatoms. The second-order valence-corrected chi connectivity index (χ2v) is 6.13. The maximum atomic E-state index is 12.2. The minimum Gasteiger partial charge on any atom is -0.342 e. The van der Waals surface area contributed by atoms with E-state index in [0.29, 0.717) is 17.5 Å². The number of benzene rings is 1. The van der Waals surface area contributed by atoms with Crippen LogP contribution in [0.1, 0.15) is 18.4 Å². The molecule has 0 spiro atoms. The van der Waals surface area contributed by atoms with E-state index >= 15 is 0 Å². The fourth-order valence-corrected chi connectivity index (χ4v) is 2.80. The number of nitrogens with one attached hydrogen (secondary N) is 1. The summed E-state index contributed by atoms with van der Waals surface area (Å²) < 4.78 is 0.861. The van der Waals surface area contributed by atoms with Crippen molar-refractivity contribution in [2.45, 2.75) is 25.3 Å². The molecule has 1 aromatic carbocycles. The van der Waals surface area contributed by atoms with E-state index in [1.165, 1.54) is 0 Å². The fourth-order valence-electron chi connectivity index (χ4n) is 2.35. The molecule has 0 atom stereocenters. The minimum absolute atomic E-state index is 0.188. The van der Waals surface area contributed by atoms with Crippen molar-refractivity contribution in [3.8, 4) is 0 Å². The van der Waals surface area contributed by atoms with Gasteiger partial charge in [0.1, 0.15) is 0 Å². The van der Waals surface area contributed by atoms with E-state index in [-0.39, 0.29) is 5.91 Å². The molecule has 1 saturated heterocycles. The van der Waals surface area contributed by atoms with Gasteiger partial charge in [0, 0.05) is 23.6 Å². The molecule has 1 aliphatic rings. The van der Waals surface area contributed by atoms with Gasteiger partial charge in [0.15, 0.2) is 0 Å². The first-order valence-electron chi connectivity index (χ1n) is 6.49. The standard InChI is InChI=1S/C14H18BrClN2O/c1-17-11-4-6-18(7-5-11)14(19)9-10-2-3-12(15)13(16)8-10/h2-3,8,11,17H,4-7,9H2,1H3. The van der Waals surface area contributed by atoms with Crippen molar-refractivity contribution >= 4 is 33.4 Å². The monoisotopic (exact) mass is 344 g/mol. The summed E-state index contributed by atoms with van der Waals surface area (Å²) in [4.78, 5) is 14.2. The van der Waals surface area contributed by atoms with Gasteiger partial charge in [-0.2, -0.15) is 0 Å². The summed E-state index contributed by atoms with van der Waals surface area (Å²) in [6.45, 7) is 1.68. The fraction of sp³-hybridized carbons (Fsp3) is 0.500. The second-order valence-electron chi connectivity index (χ2n) is 4.87. The Morgan fingerprint density at radius 3 is 2.74 bits per heavy atom. The Bertz CT molecular complexity index is 459. The number of amides is 1. The maximum absolute atomic E-state index is 12.2. The smallest absolute Gasteiger partial charge is 0.226 e. The Morgan fingerprint density at radius 1 is 1.47 bits per heavy atom. The van der Waals surface area contributed by atoms with Crippen molar-refractivity contribution in [1.29, 1.82) is 0 Å². The molecule has 1 heterocycles. The summed E-state index contributed by atoms with van der Waals surface area (Å²) in [7, 11) is 1.98. The van der Waals surface area contributed by atoms with Gasteiger partial charge < -0.3 is 10.2 Å². The molecule has 0 radical (unpaired) electrons. The average Bonchev–Trinajstić information content (AvgIpc) is 2.43. The molecule has 1 aliphatic heterocycles. The van der Waals surface area contributed by atoms with Gasteiger partial charge >= 0.3 is 0 Å². The molecule has 1 amide bonds. The highest BCUT2D eigenvalue weighted by molar-refractivity contribution is 9.10. The van der Waals surface area contributed by atoms with Crippen molar-refractivity contribution in [1.82, 2.24) is 10.2 Å². The first kappa shape index (κ1) is 14.8. The molecule has 0 saturated carbocycles. The molecule has 0 aliphatic carbocycles. The Labute approximate surface area is 127 Å². The average molecular weight is 346 g/mol. The van der Waals surface area contributed by atoms with Crippen molar-refractivity contribution in [2.24, 2.45) is 0 Å². The molecule has 1 fully saturated rings. The number of carbonyl (C=O) groups excluding carboxylic acids is 1. The molecule has 3 nitrogen and oxygen atoms in total. The first-order valence-corrected chi connectivity index (χ1v) is 7.66. The van der Waals surface area contributed by atoms with Crippen LogP contribution in [0.4, 0.5) is 0 Å². The predicted octanol–water partition coefficient (Wildman–Crippen LogP) is 2.86. The van der Waals surface area contributed by atoms with Crippen LogP contribution in [0.3, 0.4) is 0 Å². The van der Waals surface area contributed by atoms with E-state index < -0.39 is 0 Å². The summed E-state index contributed by atoms with van der Waals surface area (Å²) in [6, 6.07) is 6.22. The SMILES string of the molecule is CNC1CCN(C(=O)Cc2ccc(Br)c(Cl)c2)CC1. The van der Waals surface area contributed by atoms with Crippen LogP contribution >= 0.6 is 27.5 Å². The van der Waals surface area contributed by atoms with Gasteiger partial charge in [-0.25, -0.2) is 0 Å². The Balaban J connectivity index is 1.92. The van der Waals surface area contributed by atoms with Crippen LogP contribution in [0.5, 0.6) is 0 Å². The van der Waals surface area contributed by atoms with E-state index in [1.807, 2.05) is 30.1 Å². The lowest BCUT2D eigenvalue weighted by Gasteiger charge is -2.31. The minimum atomic E-state index is 0.188. The normalized spacial score (nSPS) is 16.7. The maximum Gasteiger partial charge on any atom is 0.226 e. The van der Waals surface area contributed by atoms with E-state index in [2.05, 4.69) is 21.2 Å². The van der Waals surface area contributed by atoms with E-state index in [0.717, 1.165) is 36.0 Å². The molecule has 1 N–H and O–H groups in total. The van der Waals surface area contributed by atoms with Crippen LogP contribution in [0.25, 0.3) is 0 Å². The van der Waals surface area contributed by atoms with Gasteiger partial charge in [-0.05, 0) is 53.5 Å². The van der Waals surface area contributed by atoms with E-state index in [4.69, 9.17) is 11.6 Å². The highest BCUT2D eigenvalue weighted by atomic mass is 79.9. The van der Waals surface area contributed by atoms with Crippen molar-refractivity contribution in [3.05, 3.63) is 33.3 Å². The van der Waals surface area contributed by atoms with Gasteiger partial charge in [0.25, 0.3) is 0 Å². The highest BCUT2D eigenvalue weighted by Gasteiger charge is 2.21. The van der Waals surface area contributed by atoms with Crippen molar-refractivity contribution in [2.75, 3.05) is 20.1 Å². The molecule has 2 rings (SSSR count). The number of rotatable bonds is 3. The summed E-state index contributed by atoms with van der Waals surface area (Å²) in [5.74, 6) is 0.188. The van der Waals surface area contributed by atoms with Gasteiger partial charge in [-0.3, -0.25) is 4.79 Å². The van der Waals surface area contributed by atoms with Crippen LogP contribution in [0.2, 0.25) is 5.02 Å². The number of halogens is 2. The number of piperidine rings is 1. The number of hydrogen-bond acceptors (Lipinski definition) is 2. The number of carbonyl (C=O) groups is 1. The molecule has 19 heavy (non-hydrogen) atoms. The molecule has 0 unspecified atom stereocenters. The van der Waals surface area contributed by atoms with Crippen molar-refractivity contribution in [3.63, 3.8) is 0 Å². The molecule has 0 aromatic heterocycles. The third-order valence-electron chi connectivity index (χ3n) is 3.60. The van der Waals surface area contributed by atoms with Crippen LogP contribution in [-0.4, -0.2) is 37.0 Å². The summed E-state index contributed by atoms with van der Waals surface area (Å²) in [5.41, 5.74) is 0.967. The van der Waals surface area contributed by atoms with Gasteiger partial charge in [-0.15, -0.1) is 0 Å². The lowest BCUT2D eigenvalue weighted by atomic mass is 10.0. The molecule has 1 aromatic rings. The third kappa shape index (κ3) is 3.94. The Morgan fingerprint density at radius 2 is 2.16 bits per heavy atom. The molecular weight excluding hydrogens is 328 g/mol. The zero-order chi connectivity index (χ0) is 13.8. The van der Waals surface area contributed by atoms with Crippen LogP contribution in [0, 0.1) is 0 Å². The number of likely N-dealkylation sites (tertiary alicyclic amines) is 1. The lowest BCUT2D eigenvalue weighted by molar-refractivity contribution is -0.131. The first-order chi connectivity index (χ1) is 9.10. The summed E-state index contributed by atoms with van der Waals surface area (Å²) in [5, 5.41) is 3.92. The van der Waals surface area contributed by atoms with Crippen LogP contribution in [0.15, 0.2) is 22.7 Å². The summed E-state index contributed by atoms with van der Waals surface area (Å²) >= 11 is 9.39. The Hall–Kier alpha value is -0.580. The molecular formula is C14H18BrClN2O. The quantitative estimate of drug-likeness (QED) is 0.913. The van der Waals surface area contributed by atoms with E-state index in [1.54, 1.807) is 0 Å². The van der Waals surface area contributed by atoms with Gasteiger partial charge in [-0.1, -0.05) is 17.7 Å². The second kappa shape index (κ2) is 6.73. The molecule has 104 valence electrons. The molecule has 0 bridgehead atoms. The number of nitrogens with zero attached hydrogens (tertiary/aromatic N) is 1. The zero-order valence-electron chi connectivity index (χ0n) is 11.0. The largest absolute Gasteiger partial charge is 0.342 e. The van der Waals surface area contributed by atoms with Crippen LogP contribution < -0.4 is 5.32 Å². The Kier molecular flexibility index (Phi) is 5.25.